The molecule has 0 bridgehead atoms. The topological polar surface area (TPSA) is 29.3 Å². The number of benzene rings is 1. The van der Waals surface area contributed by atoms with Crippen molar-refractivity contribution in [3.8, 4) is 0 Å². The van der Waals surface area contributed by atoms with Crippen molar-refractivity contribution in [1.82, 2.24) is 0 Å². The first-order valence-corrected chi connectivity index (χ1v) is 6.73. The number of nitrogens with two attached hydrogens (primary N) is 1. The molecule has 17 heavy (non-hydrogen) atoms. The van der Waals surface area contributed by atoms with Gasteiger partial charge in [0.15, 0.2) is 5.82 Å². The highest BCUT2D eigenvalue weighted by atomic mass is 79.9. The maximum absolute atomic E-state index is 14.2. The molecule has 0 heterocycles. The van der Waals surface area contributed by atoms with Crippen LogP contribution in [0.25, 0.3) is 0 Å². The lowest BCUT2D eigenvalue weighted by Crippen LogP contribution is -2.37. The first-order valence-electron chi connectivity index (χ1n) is 5.53. The summed E-state index contributed by atoms with van der Waals surface area (Å²) in [6.07, 6.45) is 3.48. The third kappa shape index (κ3) is 2.31. The van der Waals surface area contributed by atoms with Crippen LogP contribution in [-0.2, 0) is 0 Å². The standard InChI is InChI=1S/C12H14BrFN2S/c1-16(7-3-2-4-7)9-6-5-8(12(15)17)10(13)11(9)14/h5-7H,2-4H2,1H3,(H2,15,17). The zero-order chi connectivity index (χ0) is 12.6. The first-order chi connectivity index (χ1) is 8.02. The average molecular weight is 317 g/mol. The zero-order valence-electron chi connectivity index (χ0n) is 9.54. The molecule has 1 saturated carbocycles. The fourth-order valence-electron chi connectivity index (χ4n) is 1.97. The number of halogens is 2. The van der Waals surface area contributed by atoms with Crippen molar-refractivity contribution >= 4 is 38.8 Å². The fraction of sp³-hybridized carbons (Fsp3) is 0.417. The van der Waals surface area contributed by atoms with E-state index in [4.69, 9.17) is 18.0 Å². The zero-order valence-corrected chi connectivity index (χ0v) is 11.9. The van der Waals surface area contributed by atoms with E-state index in [0.29, 0.717) is 21.8 Å². The van der Waals surface area contributed by atoms with Gasteiger partial charge in [0.1, 0.15) is 4.99 Å². The van der Waals surface area contributed by atoms with Crippen molar-refractivity contribution in [1.29, 1.82) is 0 Å². The molecule has 1 aromatic carbocycles. The lowest BCUT2D eigenvalue weighted by Gasteiger charge is -2.36. The van der Waals surface area contributed by atoms with Crippen LogP contribution in [0.4, 0.5) is 10.1 Å². The molecular weight excluding hydrogens is 303 g/mol. The molecule has 0 radical (unpaired) electrons. The molecule has 1 aromatic rings. The van der Waals surface area contributed by atoms with Gasteiger partial charge in [-0.3, -0.25) is 0 Å². The second-order valence-corrected chi connectivity index (χ2v) is 5.55. The van der Waals surface area contributed by atoms with Gasteiger partial charge in [-0.25, -0.2) is 4.39 Å². The molecule has 92 valence electrons. The molecule has 2 N–H and O–H groups in total. The molecule has 0 aromatic heterocycles. The SMILES string of the molecule is CN(c1ccc(C(N)=S)c(Br)c1F)C1CCC1. The van der Waals surface area contributed by atoms with Crippen molar-refractivity contribution in [2.75, 3.05) is 11.9 Å². The van der Waals surface area contributed by atoms with E-state index in [1.165, 1.54) is 6.42 Å². The van der Waals surface area contributed by atoms with E-state index in [2.05, 4.69) is 15.9 Å². The van der Waals surface area contributed by atoms with Crippen LogP contribution >= 0.6 is 28.1 Å². The summed E-state index contributed by atoms with van der Waals surface area (Å²) in [4.78, 5) is 2.20. The van der Waals surface area contributed by atoms with Crippen LogP contribution in [-0.4, -0.2) is 18.1 Å². The number of anilines is 1. The van der Waals surface area contributed by atoms with Gasteiger partial charge < -0.3 is 10.6 Å². The quantitative estimate of drug-likeness (QED) is 0.868. The summed E-state index contributed by atoms with van der Waals surface area (Å²) < 4.78 is 14.5. The Labute approximate surface area is 114 Å². The second kappa shape index (κ2) is 4.90. The molecular formula is C12H14BrFN2S. The predicted octanol–water partition coefficient (Wildman–Crippen LogP) is 3.21. The minimum atomic E-state index is -0.287. The van der Waals surface area contributed by atoms with E-state index >= 15 is 0 Å². The minimum absolute atomic E-state index is 0.202. The molecule has 5 heteroatoms. The van der Waals surface area contributed by atoms with Crippen molar-refractivity contribution in [2.45, 2.75) is 25.3 Å². The smallest absolute Gasteiger partial charge is 0.161 e. The summed E-state index contributed by atoms with van der Waals surface area (Å²) in [6, 6.07) is 3.96. The van der Waals surface area contributed by atoms with Gasteiger partial charge in [-0.05, 0) is 47.3 Å². The summed E-state index contributed by atoms with van der Waals surface area (Å²) in [5.41, 5.74) is 6.67. The van der Waals surface area contributed by atoms with E-state index in [9.17, 15) is 4.39 Å². The molecule has 1 aliphatic rings. The van der Waals surface area contributed by atoms with E-state index < -0.39 is 0 Å². The van der Waals surface area contributed by atoms with Crippen LogP contribution in [0.15, 0.2) is 16.6 Å². The van der Waals surface area contributed by atoms with E-state index in [0.717, 1.165) is 12.8 Å². The van der Waals surface area contributed by atoms with Crippen LogP contribution in [0.2, 0.25) is 0 Å². The van der Waals surface area contributed by atoms with Gasteiger partial charge in [-0.1, -0.05) is 12.2 Å². The molecule has 2 rings (SSSR count). The van der Waals surface area contributed by atoms with Gasteiger partial charge in [0, 0.05) is 18.7 Å². The van der Waals surface area contributed by atoms with Gasteiger partial charge >= 0.3 is 0 Å². The molecule has 2 nitrogen and oxygen atoms in total. The number of rotatable bonds is 3. The fourth-order valence-corrected chi connectivity index (χ4v) is 2.82. The number of thiocarbonyl (C=S) groups is 1. The predicted molar refractivity (Wildman–Crippen MR) is 76.0 cm³/mol. The highest BCUT2D eigenvalue weighted by molar-refractivity contribution is 9.10. The van der Waals surface area contributed by atoms with Gasteiger partial charge in [0.25, 0.3) is 0 Å². The van der Waals surface area contributed by atoms with E-state index in [-0.39, 0.29) is 10.8 Å². The van der Waals surface area contributed by atoms with Gasteiger partial charge in [-0.15, -0.1) is 0 Å². The summed E-state index contributed by atoms with van der Waals surface area (Å²) in [5, 5.41) is 0. The van der Waals surface area contributed by atoms with Crippen molar-refractivity contribution in [2.24, 2.45) is 5.73 Å². The highest BCUT2D eigenvalue weighted by Gasteiger charge is 2.25. The Kier molecular flexibility index (Phi) is 3.68. The number of hydrogen-bond donors (Lipinski definition) is 1. The maximum Gasteiger partial charge on any atom is 0.161 e. The summed E-state index contributed by atoms with van der Waals surface area (Å²) >= 11 is 8.09. The Morgan fingerprint density at radius 3 is 2.65 bits per heavy atom. The third-order valence-electron chi connectivity index (χ3n) is 3.33. The molecule has 0 amide bonds. The molecule has 0 unspecified atom stereocenters. The first kappa shape index (κ1) is 12.8. The van der Waals surface area contributed by atoms with Crippen molar-refractivity contribution < 1.29 is 4.39 Å². The molecule has 0 aliphatic heterocycles. The highest BCUT2D eigenvalue weighted by Crippen LogP contribution is 2.33. The molecule has 1 aliphatic carbocycles. The third-order valence-corrected chi connectivity index (χ3v) is 4.32. The maximum atomic E-state index is 14.2. The van der Waals surface area contributed by atoms with Crippen LogP contribution in [0.3, 0.4) is 0 Å². The van der Waals surface area contributed by atoms with Crippen molar-refractivity contribution in [3.05, 3.63) is 28.0 Å². The molecule has 1 fully saturated rings. The molecule has 0 spiro atoms. The van der Waals surface area contributed by atoms with Crippen LogP contribution in [0.5, 0.6) is 0 Å². The number of hydrogen-bond acceptors (Lipinski definition) is 2. The van der Waals surface area contributed by atoms with Crippen LogP contribution in [0, 0.1) is 5.82 Å². The Morgan fingerprint density at radius 2 is 2.18 bits per heavy atom. The van der Waals surface area contributed by atoms with Gasteiger partial charge in [0.05, 0.1) is 10.2 Å². The summed E-state index contributed by atoms with van der Waals surface area (Å²) in [5.74, 6) is -0.287. The summed E-state index contributed by atoms with van der Waals surface area (Å²) in [7, 11) is 1.93. The monoisotopic (exact) mass is 316 g/mol. The number of nitrogens with zero attached hydrogens (tertiary/aromatic N) is 1. The normalized spacial score (nSPS) is 15.5. The lowest BCUT2D eigenvalue weighted by atomic mass is 9.91. The van der Waals surface area contributed by atoms with Crippen LogP contribution in [0.1, 0.15) is 24.8 Å². The molecule has 0 atom stereocenters. The van der Waals surface area contributed by atoms with Gasteiger partial charge in [-0.2, -0.15) is 0 Å². The van der Waals surface area contributed by atoms with E-state index in [1.54, 1.807) is 12.1 Å². The minimum Gasteiger partial charge on any atom is -0.389 e. The lowest BCUT2D eigenvalue weighted by molar-refractivity contribution is 0.397. The Hall–Kier alpha value is -0.680. The average Bonchev–Trinajstić information content (AvgIpc) is 2.18. The Bertz CT molecular complexity index is 460. The Balaban J connectivity index is 2.36. The van der Waals surface area contributed by atoms with Crippen LogP contribution < -0.4 is 10.6 Å². The Morgan fingerprint density at radius 1 is 1.53 bits per heavy atom. The largest absolute Gasteiger partial charge is 0.389 e. The summed E-state index contributed by atoms with van der Waals surface area (Å²) in [6.45, 7) is 0. The van der Waals surface area contributed by atoms with Gasteiger partial charge in [0.2, 0.25) is 0 Å². The second-order valence-electron chi connectivity index (χ2n) is 4.32. The van der Waals surface area contributed by atoms with E-state index in [1.807, 2.05) is 11.9 Å². The molecule has 0 saturated heterocycles. The van der Waals surface area contributed by atoms with Crippen molar-refractivity contribution in [3.63, 3.8) is 0 Å².